The van der Waals surface area contributed by atoms with Crippen molar-refractivity contribution in [3.63, 3.8) is 0 Å². The Kier molecular flexibility index (Phi) is 6.99. The standard InChI is InChI=1S/C27H28ClN3O2/c1-18-9-11-21(12-10-18)27(32)29-17-25-30-23-7-4-5-8-24(23)31(25)13-6-14-33-22-15-19(2)26(28)20(3)16-22/h4-5,7-12,15-16H,6,13-14,17H2,1-3H3,(H,29,32). The van der Waals surface area contributed by atoms with Crippen LogP contribution in [0.3, 0.4) is 0 Å². The van der Waals surface area contributed by atoms with E-state index < -0.39 is 0 Å². The van der Waals surface area contributed by atoms with Crippen LogP contribution in [0, 0.1) is 20.8 Å². The predicted molar refractivity (Wildman–Crippen MR) is 133 cm³/mol. The molecule has 0 unspecified atom stereocenters. The van der Waals surface area contributed by atoms with Crippen LogP contribution in [-0.2, 0) is 13.1 Å². The molecular formula is C27H28ClN3O2. The Bertz CT molecular complexity index is 1260. The SMILES string of the molecule is Cc1ccc(C(=O)NCc2nc3ccccc3n2CCCOc2cc(C)c(Cl)c(C)c2)cc1. The van der Waals surface area contributed by atoms with Crippen LogP contribution in [0.1, 0.15) is 39.3 Å². The zero-order valence-corrected chi connectivity index (χ0v) is 19.9. The van der Waals surface area contributed by atoms with Gasteiger partial charge in [-0.25, -0.2) is 4.98 Å². The molecule has 6 heteroatoms. The number of nitrogens with zero attached hydrogens (tertiary/aromatic N) is 2. The van der Waals surface area contributed by atoms with Gasteiger partial charge in [-0.1, -0.05) is 41.4 Å². The summed E-state index contributed by atoms with van der Waals surface area (Å²) in [7, 11) is 0. The number of aromatic nitrogens is 2. The molecule has 1 heterocycles. The molecule has 1 aromatic heterocycles. The van der Waals surface area contributed by atoms with Gasteiger partial charge in [-0.15, -0.1) is 0 Å². The first-order chi connectivity index (χ1) is 15.9. The number of amides is 1. The maximum Gasteiger partial charge on any atom is 0.251 e. The van der Waals surface area contributed by atoms with Crippen molar-refractivity contribution in [3.05, 3.63) is 93.8 Å². The fourth-order valence-electron chi connectivity index (χ4n) is 3.88. The smallest absolute Gasteiger partial charge is 0.251 e. The number of imidazole rings is 1. The Hall–Kier alpha value is -3.31. The Labute approximate surface area is 199 Å². The average molecular weight is 462 g/mol. The van der Waals surface area contributed by atoms with Crippen LogP contribution in [0.5, 0.6) is 5.75 Å². The highest BCUT2D eigenvalue weighted by atomic mass is 35.5. The third kappa shape index (κ3) is 5.37. The Morgan fingerprint density at radius 2 is 1.73 bits per heavy atom. The van der Waals surface area contributed by atoms with Crippen molar-refractivity contribution < 1.29 is 9.53 Å². The van der Waals surface area contributed by atoms with Gasteiger partial charge in [0.25, 0.3) is 5.91 Å². The van der Waals surface area contributed by atoms with E-state index in [0.717, 1.165) is 57.3 Å². The van der Waals surface area contributed by atoms with Crippen molar-refractivity contribution >= 4 is 28.5 Å². The number of ether oxygens (including phenoxy) is 1. The lowest BCUT2D eigenvalue weighted by molar-refractivity contribution is 0.0949. The fourth-order valence-corrected chi connectivity index (χ4v) is 3.99. The van der Waals surface area contributed by atoms with Crippen molar-refractivity contribution in [3.8, 4) is 5.75 Å². The topological polar surface area (TPSA) is 56.2 Å². The summed E-state index contributed by atoms with van der Waals surface area (Å²) in [6.45, 7) is 7.64. The summed E-state index contributed by atoms with van der Waals surface area (Å²) < 4.78 is 8.14. The summed E-state index contributed by atoms with van der Waals surface area (Å²) in [5.41, 5.74) is 5.76. The van der Waals surface area contributed by atoms with Gasteiger partial charge in [-0.2, -0.15) is 0 Å². The number of para-hydroxylation sites is 2. The maximum absolute atomic E-state index is 12.6. The van der Waals surface area contributed by atoms with Crippen LogP contribution in [0.15, 0.2) is 60.7 Å². The first-order valence-corrected chi connectivity index (χ1v) is 11.5. The van der Waals surface area contributed by atoms with Crippen molar-refractivity contribution in [1.82, 2.24) is 14.9 Å². The molecule has 0 aliphatic rings. The van der Waals surface area contributed by atoms with Crippen LogP contribution >= 0.6 is 11.6 Å². The highest BCUT2D eigenvalue weighted by Crippen LogP contribution is 2.26. The molecule has 0 aliphatic carbocycles. The molecule has 170 valence electrons. The van der Waals surface area contributed by atoms with E-state index in [-0.39, 0.29) is 5.91 Å². The van der Waals surface area contributed by atoms with Crippen LogP contribution in [0.4, 0.5) is 0 Å². The second-order valence-corrected chi connectivity index (χ2v) is 8.67. The third-order valence-electron chi connectivity index (χ3n) is 5.66. The number of aryl methyl sites for hydroxylation is 4. The number of fused-ring (bicyclic) bond motifs is 1. The number of hydrogen-bond acceptors (Lipinski definition) is 3. The van der Waals surface area contributed by atoms with E-state index in [0.29, 0.717) is 18.7 Å². The molecule has 1 N–H and O–H groups in total. The zero-order chi connectivity index (χ0) is 23.4. The van der Waals surface area contributed by atoms with Gasteiger partial charge >= 0.3 is 0 Å². The van der Waals surface area contributed by atoms with Gasteiger partial charge in [0, 0.05) is 17.1 Å². The predicted octanol–water partition coefficient (Wildman–Crippen LogP) is 6.01. The Morgan fingerprint density at radius 1 is 1.03 bits per heavy atom. The summed E-state index contributed by atoms with van der Waals surface area (Å²) >= 11 is 6.25. The summed E-state index contributed by atoms with van der Waals surface area (Å²) in [6, 6.07) is 19.5. The number of hydrogen-bond donors (Lipinski definition) is 1. The summed E-state index contributed by atoms with van der Waals surface area (Å²) in [5.74, 6) is 1.55. The van der Waals surface area contributed by atoms with Gasteiger partial charge in [0.1, 0.15) is 11.6 Å². The monoisotopic (exact) mass is 461 g/mol. The van der Waals surface area contributed by atoms with Gasteiger partial charge in [-0.3, -0.25) is 4.79 Å². The zero-order valence-electron chi connectivity index (χ0n) is 19.2. The Balaban J connectivity index is 1.42. The second-order valence-electron chi connectivity index (χ2n) is 8.29. The summed E-state index contributed by atoms with van der Waals surface area (Å²) in [4.78, 5) is 17.3. The van der Waals surface area contributed by atoms with Gasteiger partial charge in [0.2, 0.25) is 0 Å². The average Bonchev–Trinajstić information content (AvgIpc) is 3.16. The van der Waals surface area contributed by atoms with Crippen LogP contribution in [-0.4, -0.2) is 22.1 Å². The van der Waals surface area contributed by atoms with Crippen molar-refractivity contribution in [1.29, 1.82) is 0 Å². The number of halogens is 1. The molecule has 33 heavy (non-hydrogen) atoms. The molecule has 0 spiro atoms. The van der Waals surface area contributed by atoms with Gasteiger partial charge < -0.3 is 14.6 Å². The molecule has 1 amide bonds. The van der Waals surface area contributed by atoms with Crippen molar-refractivity contribution in [2.75, 3.05) is 6.61 Å². The number of nitrogens with one attached hydrogen (secondary N) is 1. The minimum absolute atomic E-state index is 0.106. The van der Waals surface area contributed by atoms with E-state index >= 15 is 0 Å². The van der Waals surface area contributed by atoms with E-state index in [1.807, 2.05) is 75.4 Å². The highest BCUT2D eigenvalue weighted by Gasteiger charge is 2.13. The molecule has 4 rings (SSSR count). The molecule has 0 saturated carbocycles. The number of carbonyl (C=O) groups is 1. The normalized spacial score (nSPS) is 11.0. The molecule has 4 aromatic rings. The van der Waals surface area contributed by atoms with Gasteiger partial charge in [0.05, 0.1) is 24.2 Å². The van der Waals surface area contributed by atoms with Gasteiger partial charge in [0.15, 0.2) is 0 Å². The third-order valence-corrected chi connectivity index (χ3v) is 6.26. The summed E-state index contributed by atoms with van der Waals surface area (Å²) in [5, 5.41) is 3.79. The van der Waals surface area contributed by atoms with E-state index in [2.05, 4.69) is 16.0 Å². The molecule has 0 aliphatic heterocycles. The maximum atomic E-state index is 12.6. The number of carbonyl (C=O) groups excluding carboxylic acids is 1. The molecule has 5 nitrogen and oxygen atoms in total. The van der Waals surface area contributed by atoms with E-state index in [1.54, 1.807) is 0 Å². The molecule has 0 saturated heterocycles. The molecule has 0 radical (unpaired) electrons. The second kappa shape index (κ2) is 10.1. The highest BCUT2D eigenvalue weighted by molar-refractivity contribution is 6.32. The Morgan fingerprint density at radius 3 is 2.45 bits per heavy atom. The lowest BCUT2D eigenvalue weighted by Crippen LogP contribution is -2.25. The largest absolute Gasteiger partial charge is 0.494 e. The van der Waals surface area contributed by atoms with Crippen molar-refractivity contribution in [2.45, 2.75) is 40.3 Å². The lowest BCUT2D eigenvalue weighted by Gasteiger charge is -2.12. The minimum Gasteiger partial charge on any atom is -0.494 e. The van der Waals surface area contributed by atoms with Crippen LogP contribution in [0.2, 0.25) is 5.02 Å². The van der Waals surface area contributed by atoms with E-state index in [1.165, 1.54) is 0 Å². The first kappa shape index (κ1) is 22.9. The number of rotatable bonds is 8. The minimum atomic E-state index is -0.106. The lowest BCUT2D eigenvalue weighted by atomic mass is 10.1. The molecular weight excluding hydrogens is 434 g/mol. The molecule has 3 aromatic carbocycles. The van der Waals surface area contributed by atoms with E-state index in [9.17, 15) is 4.79 Å². The quantitative estimate of drug-likeness (QED) is 0.327. The number of benzene rings is 3. The van der Waals surface area contributed by atoms with Crippen LogP contribution < -0.4 is 10.1 Å². The van der Waals surface area contributed by atoms with Crippen LogP contribution in [0.25, 0.3) is 11.0 Å². The van der Waals surface area contributed by atoms with Crippen molar-refractivity contribution in [2.24, 2.45) is 0 Å². The molecule has 0 atom stereocenters. The fraction of sp³-hybridized carbons (Fsp3) is 0.259. The van der Waals surface area contributed by atoms with Gasteiger partial charge in [-0.05, 0) is 74.7 Å². The molecule has 0 fully saturated rings. The summed E-state index contributed by atoms with van der Waals surface area (Å²) in [6.07, 6.45) is 0.806. The molecule has 0 bridgehead atoms. The van der Waals surface area contributed by atoms with E-state index in [4.69, 9.17) is 21.3 Å². The first-order valence-electron chi connectivity index (χ1n) is 11.1.